The minimum atomic E-state index is -0.852. The van der Waals surface area contributed by atoms with E-state index in [4.69, 9.17) is 0 Å². The van der Waals surface area contributed by atoms with Crippen molar-refractivity contribution in [1.82, 2.24) is 0 Å². The molecule has 5 heteroatoms. The van der Waals surface area contributed by atoms with Crippen molar-refractivity contribution in [2.24, 2.45) is 0 Å². The quantitative estimate of drug-likeness (QED) is 0.497. The van der Waals surface area contributed by atoms with Gasteiger partial charge < -0.3 is 19.7 Å². The van der Waals surface area contributed by atoms with Gasteiger partial charge in [0.25, 0.3) is 0 Å². The summed E-state index contributed by atoms with van der Waals surface area (Å²) in [6.45, 7) is 7.59. The number of rotatable bonds is 4. The summed E-state index contributed by atoms with van der Waals surface area (Å²) in [5.41, 5.74) is 0. The first kappa shape index (κ1) is 19.9. The molecule has 0 rings (SSSR count). The minimum absolute atomic E-state index is 0. The molecule has 0 fully saturated rings. The first-order chi connectivity index (χ1) is 5.54. The molecule has 0 aliphatic heterocycles. The van der Waals surface area contributed by atoms with Gasteiger partial charge >= 0.3 is 48.9 Å². The maximum absolute atomic E-state index is 9.90. The van der Waals surface area contributed by atoms with E-state index < -0.39 is 12.6 Å². The van der Waals surface area contributed by atoms with Gasteiger partial charge in [-0.05, 0) is 26.4 Å². The van der Waals surface area contributed by atoms with Gasteiger partial charge in [0.2, 0.25) is 0 Å². The van der Waals surface area contributed by atoms with Crippen LogP contribution in [0.25, 0.3) is 0 Å². The van der Waals surface area contributed by atoms with Crippen LogP contribution < -0.4 is 10.2 Å². The van der Waals surface area contributed by atoms with E-state index >= 15 is 0 Å². The second-order valence-corrected chi connectivity index (χ2v) is 2.05. The van der Waals surface area contributed by atoms with Gasteiger partial charge in [-0.3, -0.25) is 0 Å². The van der Waals surface area contributed by atoms with E-state index in [0.29, 0.717) is 13.2 Å². The maximum Gasteiger partial charge on any atom is 2.00 e. The Balaban J connectivity index is -0.000000143. The summed E-state index contributed by atoms with van der Waals surface area (Å²) in [6.07, 6.45) is -1.70. The molecule has 0 aromatic rings. The fourth-order valence-corrected chi connectivity index (χ4v) is 0.469. The molecule has 0 aromatic heterocycles. The predicted molar refractivity (Wildman–Crippen MR) is 47.9 cm³/mol. The van der Waals surface area contributed by atoms with Crippen LogP contribution in [0.3, 0.4) is 0 Å². The van der Waals surface area contributed by atoms with Crippen molar-refractivity contribution in [1.29, 1.82) is 0 Å². The van der Waals surface area contributed by atoms with Crippen LogP contribution in [0.15, 0.2) is 0 Å². The Morgan fingerprint density at radius 3 is 1.15 bits per heavy atom. The second kappa shape index (κ2) is 15.9. The Labute approximate surface area is 121 Å². The molecular formula is C8H18BaO4. The minimum Gasteiger partial charge on any atom is -0.831 e. The van der Waals surface area contributed by atoms with Crippen molar-refractivity contribution in [2.75, 3.05) is 13.2 Å². The third-order valence-corrected chi connectivity index (χ3v) is 0.803. The normalized spacial score (nSPS) is 13.4. The average molecular weight is 316 g/mol. The van der Waals surface area contributed by atoms with Gasteiger partial charge in [-0.25, -0.2) is 0 Å². The summed E-state index contributed by atoms with van der Waals surface area (Å²) in [5, 5.41) is 19.8. The number of hydrogen-bond acceptors (Lipinski definition) is 4. The molecule has 0 amide bonds. The third kappa shape index (κ3) is 31.8. The van der Waals surface area contributed by atoms with Crippen LogP contribution in [0.2, 0.25) is 0 Å². The first-order valence-corrected chi connectivity index (χ1v) is 4.09. The van der Waals surface area contributed by atoms with Crippen molar-refractivity contribution in [2.45, 2.75) is 40.3 Å². The van der Waals surface area contributed by atoms with Crippen LogP contribution in [-0.2, 0) is 9.47 Å². The molecule has 0 aliphatic carbocycles. The fraction of sp³-hybridized carbons (Fsp3) is 1.00. The molecule has 0 N–H and O–H groups in total. The van der Waals surface area contributed by atoms with E-state index in [1.807, 2.05) is 0 Å². The molecule has 2 atom stereocenters. The zero-order valence-electron chi connectivity index (χ0n) is 8.91. The van der Waals surface area contributed by atoms with Gasteiger partial charge in [0.05, 0.1) is 0 Å². The van der Waals surface area contributed by atoms with Crippen molar-refractivity contribution >= 4 is 48.9 Å². The largest absolute Gasteiger partial charge is 2.00 e. The predicted octanol–water partition coefficient (Wildman–Crippen LogP) is -0.922. The Kier molecular flexibility index (Phi) is 24.3. The molecule has 0 saturated heterocycles. The van der Waals surface area contributed by atoms with Crippen LogP contribution in [-0.4, -0.2) is 74.7 Å². The smallest absolute Gasteiger partial charge is 0.831 e. The monoisotopic (exact) mass is 316 g/mol. The summed E-state index contributed by atoms with van der Waals surface area (Å²) in [7, 11) is 0. The molecule has 0 spiro atoms. The molecule has 0 heterocycles. The van der Waals surface area contributed by atoms with Crippen molar-refractivity contribution < 1.29 is 19.7 Å². The van der Waals surface area contributed by atoms with E-state index in [1.165, 1.54) is 13.8 Å². The fourth-order valence-electron chi connectivity index (χ4n) is 0.469. The SMILES string of the molecule is CCOC(C)[O-].CCOC(C)[O-].[Ba+2]. The number of ether oxygens (including phenoxy) is 2. The molecule has 0 radical (unpaired) electrons. The molecule has 13 heavy (non-hydrogen) atoms. The zero-order valence-corrected chi connectivity index (χ0v) is 13.3. The van der Waals surface area contributed by atoms with Gasteiger partial charge in [0, 0.05) is 13.2 Å². The molecular weight excluding hydrogens is 297 g/mol. The van der Waals surface area contributed by atoms with E-state index in [1.54, 1.807) is 13.8 Å². The van der Waals surface area contributed by atoms with Crippen molar-refractivity contribution in [3.63, 3.8) is 0 Å². The molecule has 0 aromatic carbocycles. The van der Waals surface area contributed by atoms with E-state index in [9.17, 15) is 10.2 Å². The molecule has 0 bridgehead atoms. The van der Waals surface area contributed by atoms with Crippen LogP contribution in [0, 0.1) is 0 Å². The van der Waals surface area contributed by atoms with Gasteiger partial charge in [-0.2, -0.15) is 0 Å². The average Bonchev–Trinajstić information content (AvgIpc) is 1.87. The number of hydrogen-bond donors (Lipinski definition) is 0. The van der Waals surface area contributed by atoms with Gasteiger partial charge in [0.15, 0.2) is 0 Å². The van der Waals surface area contributed by atoms with Crippen LogP contribution in [0.5, 0.6) is 0 Å². The summed E-state index contributed by atoms with van der Waals surface area (Å²) < 4.78 is 8.97. The molecule has 0 saturated carbocycles. The maximum atomic E-state index is 9.90. The van der Waals surface area contributed by atoms with E-state index in [2.05, 4.69) is 9.47 Å². The van der Waals surface area contributed by atoms with Crippen LogP contribution in [0.1, 0.15) is 27.7 Å². The van der Waals surface area contributed by atoms with Crippen molar-refractivity contribution in [3.8, 4) is 0 Å². The van der Waals surface area contributed by atoms with Gasteiger partial charge in [-0.1, -0.05) is 13.8 Å². The Morgan fingerprint density at radius 2 is 1.15 bits per heavy atom. The van der Waals surface area contributed by atoms with E-state index in [-0.39, 0.29) is 48.9 Å². The summed E-state index contributed by atoms with van der Waals surface area (Å²) in [4.78, 5) is 0. The van der Waals surface area contributed by atoms with Crippen LogP contribution in [0.4, 0.5) is 0 Å². The molecule has 76 valence electrons. The zero-order chi connectivity index (χ0) is 9.98. The van der Waals surface area contributed by atoms with Crippen LogP contribution >= 0.6 is 0 Å². The van der Waals surface area contributed by atoms with Crippen molar-refractivity contribution in [3.05, 3.63) is 0 Å². The Hall–Kier alpha value is 1.41. The molecule has 4 nitrogen and oxygen atoms in total. The molecule has 0 aliphatic rings. The summed E-state index contributed by atoms with van der Waals surface area (Å²) >= 11 is 0. The second-order valence-electron chi connectivity index (χ2n) is 2.05. The Morgan fingerprint density at radius 1 is 0.923 bits per heavy atom. The van der Waals surface area contributed by atoms with E-state index in [0.717, 1.165) is 0 Å². The van der Waals surface area contributed by atoms with Gasteiger partial charge in [0.1, 0.15) is 0 Å². The standard InChI is InChI=1S/2C4H9O2.Ba/c2*1-3-6-4(2)5;/h2*4H,3H2,1-2H3;/q2*-1;+2. The topological polar surface area (TPSA) is 64.6 Å². The third-order valence-electron chi connectivity index (χ3n) is 0.803. The molecule has 2 unspecified atom stereocenters. The first-order valence-electron chi connectivity index (χ1n) is 4.09. The van der Waals surface area contributed by atoms with Gasteiger partial charge in [-0.15, -0.1) is 0 Å². The summed E-state index contributed by atoms with van der Waals surface area (Å²) in [5.74, 6) is 0. The summed E-state index contributed by atoms with van der Waals surface area (Å²) in [6, 6.07) is 0. The Bertz CT molecular complexity index is 68.5.